The van der Waals surface area contributed by atoms with Crippen molar-refractivity contribution >= 4 is 5.91 Å². The third kappa shape index (κ3) is 5.18. The Bertz CT molecular complexity index is 816. The second-order valence-electron chi connectivity index (χ2n) is 7.28. The van der Waals surface area contributed by atoms with Crippen LogP contribution in [0.3, 0.4) is 0 Å². The fourth-order valence-electron chi connectivity index (χ4n) is 2.88. The maximum Gasteiger partial charge on any atom is 0.261 e. The molecule has 2 aromatic rings. The molecule has 5 heteroatoms. The van der Waals surface area contributed by atoms with Crippen LogP contribution in [-0.4, -0.2) is 26.2 Å². The van der Waals surface area contributed by atoms with Gasteiger partial charge >= 0.3 is 0 Å². The molecule has 0 aliphatic carbocycles. The van der Waals surface area contributed by atoms with Crippen LogP contribution in [0.5, 0.6) is 17.2 Å². The van der Waals surface area contributed by atoms with E-state index in [2.05, 4.69) is 25.2 Å². The predicted octanol–water partition coefficient (Wildman–Crippen LogP) is 4.78. The maximum absolute atomic E-state index is 12.6. The molecule has 1 N–H and O–H groups in total. The van der Waals surface area contributed by atoms with Gasteiger partial charge in [0, 0.05) is 0 Å². The molecule has 0 aliphatic heterocycles. The number of hydrogen-bond donors (Lipinski definition) is 1. The van der Waals surface area contributed by atoms with Crippen molar-refractivity contribution in [3.63, 3.8) is 0 Å². The Morgan fingerprint density at radius 3 is 2.07 bits per heavy atom. The van der Waals surface area contributed by atoms with Gasteiger partial charge in [-0.05, 0) is 61.6 Å². The lowest BCUT2D eigenvalue weighted by Gasteiger charge is -2.21. The monoisotopic (exact) mass is 385 g/mol. The summed E-state index contributed by atoms with van der Waals surface area (Å²) in [5.41, 5.74) is 3.13. The van der Waals surface area contributed by atoms with Crippen molar-refractivity contribution in [2.24, 2.45) is 0 Å². The molecule has 0 saturated heterocycles. The van der Waals surface area contributed by atoms with E-state index in [0.29, 0.717) is 17.4 Å². The molecule has 28 heavy (non-hydrogen) atoms. The van der Waals surface area contributed by atoms with E-state index in [-0.39, 0.29) is 11.9 Å². The minimum Gasteiger partial charge on any atom is -0.493 e. The Hall–Kier alpha value is -2.69. The highest BCUT2D eigenvalue weighted by molar-refractivity contribution is 5.81. The van der Waals surface area contributed by atoms with Gasteiger partial charge < -0.3 is 19.5 Å². The normalized spacial score (nSPS) is 13.0. The lowest BCUT2D eigenvalue weighted by Crippen LogP contribution is -2.37. The first-order valence-corrected chi connectivity index (χ1v) is 9.56. The third-order valence-corrected chi connectivity index (χ3v) is 4.82. The van der Waals surface area contributed by atoms with Crippen LogP contribution in [0.15, 0.2) is 36.4 Å². The number of benzene rings is 2. The van der Waals surface area contributed by atoms with Gasteiger partial charge in [-0.1, -0.05) is 32.0 Å². The zero-order chi connectivity index (χ0) is 20.8. The van der Waals surface area contributed by atoms with E-state index in [1.165, 1.54) is 5.56 Å². The Morgan fingerprint density at radius 1 is 0.857 bits per heavy atom. The van der Waals surface area contributed by atoms with Crippen molar-refractivity contribution in [3.8, 4) is 17.2 Å². The van der Waals surface area contributed by atoms with Gasteiger partial charge in [0.15, 0.2) is 17.6 Å². The largest absolute Gasteiger partial charge is 0.493 e. The number of carbonyl (C=O) groups excluding carboxylic acids is 1. The van der Waals surface area contributed by atoms with Gasteiger partial charge in [-0.2, -0.15) is 0 Å². The van der Waals surface area contributed by atoms with Crippen molar-refractivity contribution < 1.29 is 19.0 Å². The van der Waals surface area contributed by atoms with E-state index in [1.807, 2.05) is 44.2 Å². The molecule has 2 rings (SSSR count). The molecule has 0 spiro atoms. The lowest BCUT2D eigenvalue weighted by atomic mass is 10.0. The summed E-state index contributed by atoms with van der Waals surface area (Å²) in [5.74, 6) is 2.26. The molecule has 2 unspecified atom stereocenters. The van der Waals surface area contributed by atoms with Crippen LogP contribution in [0, 0.1) is 6.92 Å². The number of amides is 1. The number of rotatable bonds is 8. The van der Waals surface area contributed by atoms with Crippen molar-refractivity contribution in [2.75, 3.05) is 14.2 Å². The Labute approximate surface area is 168 Å². The van der Waals surface area contributed by atoms with Crippen molar-refractivity contribution in [1.29, 1.82) is 0 Å². The van der Waals surface area contributed by atoms with E-state index >= 15 is 0 Å². The maximum atomic E-state index is 12.6. The fourth-order valence-corrected chi connectivity index (χ4v) is 2.88. The van der Waals surface area contributed by atoms with Crippen molar-refractivity contribution in [2.45, 2.75) is 52.7 Å². The molecule has 0 bridgehead atoms. The van der Waals surface area contributed by atoms with E-state index in [0.717, 1.165) is 16.9 Å². The van der Waals surface area contributed by atoms with Crippen LogP contribution in [-0.2, 0) is 4.79 Å². The van der Waals surface area contributed by atoms with Gasteiger partial charge in [-0.3, -0.25) is 4.79 Å². The van der Waals surface area contributed by atoms with E-state index < -0.39 is 6.10 Å². The van der Waals surface area contributed by atoms with Crippen molar-refractivity contribution in [1.82, 2.24) is 5.32 Å². The first-order chi connectivity index (χ1) is 13.3. The molecule has 0 aromatic heterocycles. The van der Waals surface area contributed by atoms with E-state index in [4.69, 9.17) is 14.2 Å². The molecule has 5 nitrogen and oxygen atoms in total. The van der Waals surface area contributed by atoms with Gasteiger partial charge in [0.1, 0.15) is 5.75 Å². The standard InChI is InChI=1S/C23H31NO4/c1-14(2)18-9-8-15(3)21(12-18)28-17(5)23(25)24-16(4)19-10-11-20(26-6)22(13-19)27-7/h8-14,16-17H,1-7H3,(H,24,25). The summed E-state index contributed by atoms with van der Waals surface area (Å²) in [7, 11) is 3.19. The molecule has 152 valence electrons. The number of methoxy groups -OCH3 is 2. The smallest absolute Gasteiger partial charge is 0.261 e. The van der Waals surface area contributed by atoms with Gasteiger partial charge in [-0.15, -0.1) is 0 Å². The highest BCUT2D eigenvalue weighted by atomic mass is 16.5. The van der Waals surface area contributed by atoms with Gasteiger partial charge in [-0.25, -0.2) is 0 Å². The molecular weight excluding hydrogens is 354 g/mol. The second kappa shape index (κ2) is 9.49. The summed E-state index contributed by atoms with van der Waals surface area (Å²) < 4.78 is 16.6. The van der Waals surface area contributed by atoms with E-state index in [1.54, 1.807) is 21.1 Å². The third-order valence-electron chi connectivity index (χ3n) is 4.82. The Balaban J connectivity index is 2.07. The summed E-state index contributed by atoms with van der Waals surface area (Å²) in [6.07, 6.45) is -0.608. The quantitative estimate of drug-likeness (QED) is 0.710. The molecular formula is C23H31NO4. The second-order valence-corrected chi connectivity index (χ2v) is 7.28. The summed E-state index contributed by atoms with van der Waals surface area (Å²) in [5, 5.41) is 3.00. The highest BCUT2D eigenvalue weighted by Gasteiger charge is 2.20. The number of carbonyl (C=O) groups is 1. The summed E-state index contributed by atoms with van der Waals surface area (Å²) >= 11 is 0. The molecule has 0 fully saturated rings. The van der Waals surface area contributed by atoms with E-state index in [9.17, 15) is 4.79 Å². The molecule has 0 aliphatic rings. The highest BCUT2D eigenvalue weighted by Crippen LogP contribution is 2.30. The number of ether oxygens (including phenoxy) is 3. The zero-order valence-electron chi connectivity index (χ0n) is 17.8. The number of hydrogen-bond acceptors (Lipinski definition) is 4. The molecule has 2 atom stereocenters. The van der Waals surface area contributed by atoms with Gasteiger partial charge in [0.25, 0.3) is 5.91 Å². The molecule has 0 heterocycles. The molecule has 0 saturated carbocycles. The zero-order valence-corrected chi connectivity index (χ0v) is 17.8. The minimum atomic E-state index is -0.608. The average molecular weight is 386 g/mol. The minimum absolute atomic E-state index is 0.170. The first-order valence-electron chi connectivity index (χ1n) is 9.56. The summed E-state index contributed by atoms with van der Waals surface area (Å²) in [6, 6.07) is 11.6. The van der Waals surface area contributed by atoms with Crippen LogP contribution < -0.4 is 19.5 Å². The number of nitrogens with one attached hydrogen (secondary N) is 1. The fraction of sp³-hybridized carbons (Fsp3) is 0.435. The lowest BCUT2D eigenvalue weighted by molar-refractivity contribution is -0.127. The molecule has 0 radical (unpaired) electrons. The average Bonchev–Trinajstić information content (AvgIpc) is 2.68. The molecule has 1 amide bonds. The first kappa shape index (κ1) is 21.6. The van der Waals surface area contributed by atoms with Crippen LogP contribution >= 0.6 is 0 Å². The predicted molar refractivity (Wildman–Crippen MR) is 111 cm³/mol. The van der Waals surface area contributed by atoms with Gasteiger partial charge in [0.2, 0.25) is 0 Å². The summed E-state index contributed by atoms with van der Waals surface area (Å²) in [6.45, 7) is 9.94. The number of aryl methyl sites for hydroxylation is 1. The topological polar surface area (TPSA) is 56.8 Å². The Morgan fingerprint density at radius 2 is 1.46 bits per heavy atom. The van der Waals surface area contributed by atoms with Crippen molar-refractivity contribution in [3.05, 3.63) is 53.1 Å². The Kier molecular flexibility index (Phi) is 7.32. The van der Waals surface area contributed by atoms with Crippen LogP contribution in [0.25, 0.3) is 0 Å². The molecule has 2 aromatic carbocycles. The van der Waals surface area contributed by atoms with Crippen LogP contribution in [0.2, 0.25) is 0 Å². The van der Waals surface area contributed by atoms with Gasteiger partial charge in [0.05, 0.1) is 20.3 Å². The van der Waals surface area contributed by atoms with Crippen LogP contribution in [0.4, 0.5) is 0 Å². The van der Waals surface area contributed by atoms with Crippen LogP contribution in [0.1, 0.15) is 56.3 Å². The SMILES string of the molecule is COc1ccc(C(C)NC(=O)C(C)Oc2cc(C(C)C)ccc2C)cc1OC. The summed E-state index contributed by atoms with van der Waals surface area (Å²) in [4.78, 5) is 12.6.